The molecule has 1 aromatic carbocycles. The van der Waals surface area contributed by atoms with Crippen LogP contribution in [0.1, 0.15) is 19.4 Å². The molecule has 0 aliphatic rings. The van der Waals surface area contributed by atoms with E-state index in [0.717, 1.165) is 5.56 Å². The second kappa shape index (κ2) is 6.10. The van der Waals surface area contributed by atoms with Crippen molar-refractivity contribution < 1.29 is 14.3 Å². The fourth-order valence-electron chi connectivity index (χ4n) is 1.78. The number of methoxy groups -OCH3 is 2. The second-order valence-corrected chi connectivity index (χ2v) is 3.78. The molecule has 1 aromatic rings. The Kier molecular flexibility index (Phi) is 4.77. The Hall–Kier alpha value is -1.97. The fourth-order valence-corrected chi connectivity index (χ4v) is 1.78. The lowest BCUT2D eigenvalue weighted by Crippen LogP contribution is -2.26. The van der Waals surface area contributed by atoms with Gasteiger partial charge in [-0.2, -0.15) is 0 Å². The van der Waals surface area contributed by atoms with Crippen molar-refractivity contribution in [3.05, 3.63) is 30.3 Å². The number of carbonyl (C=O) groups excluding carboxylic acids is 1. The number of carbonyl (C=O) groups is 1. The molecule has 0 heterocycles. The molecule has 0 aromatic heterocycles. The predicted octanol–water partition coefficient (Wildman–Crippen LogP) is 2.54. The number of amides is 1. The van der Waals surface area contributed by atoms with Gasteiger partial charge in [-0.05, 0) is 25.1 Å². The second-order valence-electron chi connectivity index (χ2n) is 3.78. The summed E-state index contributed by atoms with van der Waals surface area (Å²) in [6.45, 7) is 7.98. The lowest BCUT2D eigenvalue weighted by molar-refractivity contribution is -0.125. The predicted molar refractivity (Wildman–Crippen MR) is 71.6 cm³/mol. The van der Waals surface area contributed by atoms with Crippen molar-refractivity contribution in [1.82, 2.24) is 4.90 Å². The van der Waals surface area contributed by atoms with E-state index in [4.69, 9.17) is 9.47 Å². The monoisotopic (exact) mass is 249 g/mol. The zero-order chi connectivity index (χ0) is 13.7. The number of benzene rings is 1. The van der Waals surface area contributed by atoms with Gasteiger partial charge < -0.3 is 14.4 Å². The molecule has 4 heteroatoms. The van der Waals surface area contributed by atoms with Crippen LogP contribution in [0.25, 0.3) is 5.70 Å². The summed E-state index contributed by atoms with van der Waals surface area (Å²) in [4.78, 5) is 13.1. The molecule has 1 rings (SSSR count). The highest BCUT2D eigenvalue weighted by atomic mass is 16.5. The van der Waals surface area contributed by atoms with Crippen molar-refractivity contribution in [2.75, 3.05) is 20.8 Å². The molecular formula is C14H19NO3. The normalized spacial score (nSPS) is 9.78. The van der Waals surface area contributed by atoms with Gasteiger partial charge in [0.05, 0.1) is 14.2 Å². The van der Waals surface area contributed by atoms with E-state index in [9.17, 15) is 4.79 Å². The molecule has 0 saturated heterocycles. The first-order valence-corrected chi connectivity index (χ1v) is 5.74. The molecule has 0 atom stereocenters. The summed E-state index contributed by atoms with van der Waals surface area (Å²) in [6, 6.07) is 5.47. The van der Waals surface area contributed by atoms with Gasteiger partial charge in [0.25, 0.3) is 0 Å². The third-order valence-corrected chi connectivity index (χ3v) is 2.74. The van der Waals surface area contributed by atoms with Crippen molar-refractivity contribution in [3.63, 3.8) is 0 Å². The van der Waals surface area contributed by atoms with Crippen LogP contribution >= 0.6 is 0 Å². The number of hydrogen-bond acceptors (Lipinski definition) is 3. The van der Waals surface area contributed by atoms with Crippen LogP contribution in [0, 0.1) is 0 Å². The summed E-state index contributed by atoms with van der Waals surface area (Å²) in [7, 11) is 3.16. The summed E-state index contributed by atoms with van der Waals surface area (Å²) < 4.78 is 10.4. The lowest BCUT2D eigenvalue weighted by atomic mass is 10.1. The molecule has 4 nitrogen and oxygen atoms in total. The molecule has 0 unspecified atom stereocenters. The van der Waals surface area contributed by atoms with Crippen LogP contribution in [-0.2, 0) is 4.79 Å². The van der Waals surface area contributed by atoms with Crippen LogP contribution in [0.15, 0.2) is 24.8 Å². The van der Waals surface area contributed by atoms with Gasteiger partial charge in [0.15, 0.2) is 11.5 Å². The SMILES string of the molecule is C=C(c1ccc(OC)c(OC)c1)N(CC)C(C)=O. The third-order valence-electron chi connectivity index (χ3n) is 2.74. The topological polar surface area (TPSA) is 38.8 Å². The number of hydrogen-bond donors (Lipinski definition) is 0. The van der Waals surface area contributed by atoms with Crippen molar-refractivity contribution in [1.29, 1.82) is 0 Å². The van der Waals surface area contributed by atoms with E-state index in [1.165, 1.54) is 6.92 Å². The molecule has 0 bridgehead atoms. The summed E-state index contributed by atoms with van der Waals surface area (Å²) in [5.41, 5.74) is 1.50. The van der Waals surface area contributed by atoms with Gasteiger partial charge in [0.1, 0.15) is 0 Å². The average Bonchev–Trinajstić information content (AvgIpc) is 2.38. The highest BCUT2D eigenvalue weighted by molar-refractivity contribution is 5.84. The summed E-state index contributed by atoms with van der Waals surface area (Å²) >= 11 is 0. The average molecular weight is 249 g/mol. The standard InChI is InChI=1S/C14H19NO3/c1-6-15(11(3)16)10(2)12-7-8-13(17-4)14(9-12)18-5/h7-9H,2,6H2,1,3-5H3. The molecule has 98 valence electrons. The van der Waals surface area contributed by atoms with Crippen molar-refractivity contribution in [3.8, 4) is 11.5 Å². The Morgan fingerprint density at radius 1 is 1.28 bits per heavy atom. The highest BCUT2D eigenvalue weighted by Crippen LogP contribution is 2.30. The van der Waals surface area contributed by atoms with Crippen LogP contribution < -0.4 is 9.47 Å². The van der Waals surface area contributed by atoms with E-state index in [2.05, 4.69) is 6.58 Å². The van der Waals surface area contributed by atoms with Gasteiger partial charge in [-0.15, -0.1) is 0 Å². The quantitative estimate of drug-likeness (QED) is 0.805. The Morgan fingerprint density at radius 3 is 2.33 bits per heavy atom. The van der Waals surface area contributed by atoms with Crippen molar-refractivity contribution >= 4 is 11.6 Å². The highest BCUT2D eigenvalue weighted by Gasteiger charge is 2.14. The van der Waals surface area contributed by atoms with Gasteiger partial charge in [0.2, 0.25) is 5.91 Å². The first-order chi connectivity index (χ1) is 8.54. The maximum Gasteiger partial charge on any atom is 0.223 e. The molecule has 0 radical (unpaired) electrons. The summed E-state index contributed by atoms with van der Waals surface area (Å²) in [5.74, 6) is 1.24. The molecule has 0 fully saturated rings. The minimum atomic E-state index is -0.0303. The number of rotatable bonds is 5. The molecule has 0 aliphatic heterocycles. The summed E-state index contributed by atoms with van der Waals surface area (Å²) in [6.07, 6.45) is 0. The zero-order valence-corrected chi connectivity index (χ0v) is 11.3. The van der Waals surface area contributed by atoms with E-state index in [0.29, 0.717) is 23.7 Å². The first-order valence-electron chi connectivity index (χ1n) is 5.74. The van der Waals surface area contributed by atoms with Crippen LogP contribution in [-0.4, -0.2) is 31.6 Å². The Labute approximate surface area is 108 Å². The Morgan fingerprint density at radius 2 is 1.89 bits per heavy atom. The molecule has 0 saturated carbocycles. The Bertz CT molecular complexity index is 454. The maximum atomic E-state index is 11.5. The first kappa shape index (κ1) is 14.1. The molecule has 18 heavy (non-hydrogen) atoms. The molecule has 0 spiro atoms. The lowest BCUT2D eigenvalue weighted by Gasteiger charge is -2.22. The summed E-state index contributed by atoms with van der Waals surface area (Å²) in [5, 5.41) is 0. The van der Waals surface area contributed by atoms with Gasteiger partial charge in [0, 0.05) is 24.7 Å². The van der Waals surface area contributed by atoms with E-state index in [1.54, 1.807) is 25.2 Å². The minimum absolute atomic E-state index is 0.0303. The van der Waals surface area contributed by atoms with Gasteiger partial charge in [-0.1, -0.05) is 6.58 Å². The minimum Gasteiger partial charge on any atom is -0.493 e. The van der Waals surface area contributed by atoms with Gasteiger partial charge in [-0.3, -0.25) is 4.79 Å². The van der Waals surface area contributed by atoms with E-state index in [1.807, 2.05) is 19.1 Å². The van der Waals surface area contributed by atoms with Crippen LogP contribution in [0.3, 0.4) is 0 Å². The smallest absolute Gasteiger partial charge is 0.223 e. The Balaban J connectivity index is 3.10. The van der Waals surface area contributed by atoms with E-state index in [-0.39, 0.29) is 5.91 Å². The van der Waals surface area contributed by atoms with Gasteiger partial charge in [-0.25, -0.2) is 0 Å². The van der Waals surface area contributed by atoms with Crippen molar-refractivity contribution in [2.24, 2.45) is 0 Å². The molecular weight excluding hydrogens is 230 g/mol. The molecule has 0 aliphatic carbocycles. The largest absolute Gasteiger partial charge is 0.493 e. The van der Waals surface area contributed by atoms with Gasteiger partial charge >= 0.3 is 0 Å². The zero-order valence-electron chi connectivity index (χ0n) is 11.3. The fraction of sp³-hybridized carbons (Fsp3) is 0.357. The van der Waals surface area contributed by atoms with Crippen molar-refractivity contribution in [2.45, 2.75) is 13.8 Å². The molecule has 1 amide bonds. The maximum absolute atomic E-state index is 11.5. The van der Waals surface area contributed by atoms with Crippen LogP contribution in [0.2, 0.25) is 0 Å². The van der Waals surface area contributed by atoms with E-state index >= 15 is 0 Å². The molecule has 0 N–H and O–H groups in total. The number of nitrogens with zero attached hydrogens (tertiary/aromatic N) is 1. The van der Waals surface area contributed by atoms with Crippen LogP contribution in [0.5, 0.6) is 11.5 Å². The number of ether oxygens (including phenoxy) is 2. The van der Waals surface area contributed by atoms with Crippen LogP contribution in [0.4, 0.5) is 0 Å². The van der Waals surface area contributed by atoms with E-state index < -0.39 is 0 Å². The third kappa shape index (κ3) is 2.83.